The molecule has 1 aliphatic rings. The highest BCUT2D eigenvalue weighted by Gasteiger charge is 2.23. The third-order valence-electron chi connectivity index (χ3n) is 5.11. The Hall–Kier alpha value is -3.20. The number of alkyl carbamates (subject to hydrolysis) is 1. The molecule has 0 spiro atoms. The molecule has 1 aliphatic carbocycles. The van der Waals surface area contributed by atoms with Crippen LogP contribution >= 0.6 is 11.6 Å². The van der Waals surface area contributed by atoms with Gasteiger partial charge in [-0.1, -0.05) is 17.7 Å². The number of carbonyl (C=O) groups excluding carboxylic acids is 2. The fourth-order valence-corrected chi connectivity index (χ4v) is 3.68. The first-order valence-electron chi connectivity index (χ1n) is 10.6. The van der Waals surface area contributed by atoms with Gasteiger partial charge in [-0.2, -0.15) is 0 Å². The van der Waals surface area contributed by atoms with E-state index < -0.39 is 23.6 Å². The number of nitrogens with zero attached hydrogens (tertiary/aromatic N) is 1. The average molecular weight is 479 g/mol. The van der Waals surface area contributed by atoms with Crippen LogP contribution in [0.1, 0.15) is 43.0 Å². The smallest absolute Gasteiger partial charge is 0.407 e. The van der Waals surface area contributed by atoms with Gasteiger partial charge in [-0.15, -0.1) is 0 Å². The highest BCUT2D eigenvalue weighted by Crippen LogP contribution is 2.22. The summed E-state index contributed by atoms with van der Waals surface area (Å²) >= 11 is 6.04. The fourth-order valence-electron chi connectivity index (χ4n) is 3.49. The summed E-state index contributed by atoms with van der Waals surface area (Å²) in [6.45, 7) is 2.05. The zero-order valence-electron chi connectivity index (χ0n) is 18.0. The summed E-state index contributed by atoms with van der Waals surface area (Å²) in [6, 6.07) is 9.67. The van der Waals surface area contributed by atoms with Crippen molar-refractivity contribution in [2.75, 3.05) is 11.9 Å². The molecule has 3 N–H and O–H groups in total. The highest BCUT2D eigenvalue weighted by molar-refractivity contribution is 6.31. The minimum Gasteiger partial charge on any atom is -0.450 e. The van der Waals surface area contributed by atoms with Crippen molar-refractivity contribution in [2.24, 2.45) is 4.99 Å². The lowest BCUT2D eigenvalue weighted by Gasteiger charge is -2.27. The van der Waals surface area contributed by atoms with Crippen molar-refractivity contribution < 1.29 is 23.1 Å². The van der Waals surface area contributed by atoms with Gasteiger partial charge in [0.05, 0.1) is 12.6 Å². The molecule has 2 aromatic carbocycles. The van der Waals surface area contributed by atoms with E-state index in [1.807, 2.05) is 0 Å². The van der Waals surface area contributed by atoms with Crippen LogP contribution in [0.25, 0.3) is 0 Å². The second-order valence-corrected chi connectivity index (χ2v) is 8.00. The van der Waals surface area contributed by atoms with Crippen LogP contribution in [0.4, 0.5) is 19.3 Å². The van der Waals surface area contributed by atoms with E-state index in [1.165, 1.54) is 6.07 Å². The normalized spacial score (nSPS) is 18.4. The van der Waals surface area contributed by atoms with Gasteiger partial charge in [0.1, 0.15) is 0 Å². The molecule has 176 valence electrons. The van der Waals surface area contributed by atoms with Crippen molar-refractivity contribution >= 4 is 35.2 Å². The number of hydrogen-bond acceptors (Lipinski definition) is 4. The van der Waals surface area contributed by atoms with Crippen LogP contribution in [0.2, 0.25) is 5.02 Å². The van der Waals surface area contributed by atoms with Crippen LogP contribution in [0.3, 0.4) is 0 Å². The summed E-state index contributed by atoms with van der Waals surface area (Å²) < 4.78 is 31.7. The van der Waals surface area contributed by atoms with Crippen molar-refractivity contribution in [2.45, 2.75) is 44.7 Å². The average Bonchev–Trinajstić information content (AvgIpc) is 2.77. The van der Waals surface area contributed by atoms with Gasteiger partial charge >= 0.3 is 6.09 Å². The topological polar surface area (TPSA) is 91.8 Å². The number of rotatable bonds is 5. The van der Waals surface area contributed by atoms with Crippen molar-refractivity contribution in [3.63, 3.8) is 0 Å². The molecule has 10 heteroatoms. The summed E-state index contributed by atoms with van der Waals surface area (Å²) in [5.74, 6) is -2.63. The molecule has 0 unspecified atom stereocenters. The maximum absolute atomic E-state index is 13.6. The summed E-state index contributed by atoms with van der Waals surface area (Å²) in [5.41, 5.74) is 0.557. The van der Waals surface area contributed by atoms with Gasteiger partial charge in [0.2, 0.25) is 5.96 Å². The van der Waals surface area contributed by atoms with Crippen LogP contribution in [0.15, 0.2) is 47.5 Å². The fraction of sp³-hybridized carbons (Fsp3) is 0.348. The lowest BCUT2D eigenvalue weighted by Crippen LogP contribution is -2.40. The van der Waals surface area contributed by atoms with Gasteiger partial charge in [0.25, 0.3) is 5.91 Å². The number of aliphatic imine (C=N–C) groups is 1. The lowest BCUT2D eigenvalue weighted by atomic mass is 9.92. The molecular weight excluding hydrogens is 454 g/mol. The second kappa shape index (κ2) is 11.6. The van der Waals surface area contributed by atoms with Gasteiger partial charge in [-0.25, -0.2) is 18.6 Å². The number of carbonyl (C=O) groups is 2. The number of benzene rings is 2. The molecule has 1 fully saturated rings. The largest absolute Gasteiger partial charge is 0.450 e. The minimum atomic E-state index is -1.11. The molecule has 0 heterocycles. The zero-order valence-corrected chi connectivity index (χ0v) is 18.8. The maximum Gasteiger partial charge on any atom is 0.407 e. The molecular formula is C23H25ClF2N4O3. The van der Waals surface area contributed by atoms with Gasteiger partial charge in [-0.3, -0.25) is 10.1 Å². The molecule has 33 heavy (non-hydrogen) atoms. The van der Waals surface area contributed by atoms with Crippen molar-refractivity contribution in [3.05, 3.63) is 64.7 Å². The molecule has 2 amide bonds. The van der Waals surface area contributed by atoms with Gasteiger partial charge < -0.3 is 15.4 Å². The Morgan fingerprint density at radius 1 is 1.09 bits per heavy atom. The zero-order chi connectivity index (χ0) is 23.8. The molecule has 7 nitrogen and oxygen atoms in total. The SMILES string of the molecule is CCOC(=O)NC1CCC(N=C(NC(=O)c2ccc(F)c(F)c2)Nc2cccc(Cl)c2)CC1. The van der Waals surface area contributed by atoms with E-state index in [0.717, 1.165) is 12.1 Å². The molecule has 3 rings (SSSR count). The van der Waals surface area contributed by atoms with E-state index in [0.29, 0.717) is 43.0 Å². The molecule has 0 radical (unpaired) electrons. The third kappa shape index (κ3) is 7.42. The predicted octanol–water partition coefficient (Wildman–Crippen LogP) is 4.87. The van der Waals surface area contributed by atoms with Gasteiger partial charge in [-0.05, 0) is 69.0 Å². The first kappa shape index (κ1) is 24.4. The molecule has 0 aromatic heterocycles. The lowest BCUT2D eigenvalue weighted by molar-refractivity contribution is 0.0976. The number of guanidine groups is 1. The monoisotopic (exact) mass is 478 g/mol. The summed E-state index contributed by atoms with van der Waals surface area (Å²) in [6.07, 6.45) is 2.33. The maximum atomic E-state index is 13.6. The molecule has 0 saturated heterocycles. The summed E-state index contributed by atoms with van der Waals surface area (Å²) in [7, 11) is 0. The van der Waals surface area contributed by atoms with Crippen LogP contribution in [-0.2, 0) is 4.74 Å². The van der Waals surface area contributed by atoms with E-state index in [4.69, 9.17) is 16.3 Å². The number of amides is 2. The van der Waals surface area contributed by atoms with E-state index in [-0.39, 0.29) is 23.6 Å². The van der Waals surface area contributed by atoms with E-state index >= 15 is 0 Å². The van der Waals surface area contributed by atoms with Crippen molar-refractivity contribution in [1.82, 2.24) is 10.6 Å². The van der Waals surface area contributed by atoms with Gasteiger partial charge in [0.15, 0.2) is 11.6 Å². The van der Waals surface area contributed by atoms with Crippen LogP contribution < -0.4 is 16.0 Å². The van der Waals surface area contributed by atoms with Crippen LogP contribution in [0, 0.1) is 11.6 Å². The standard InChI is InChI=1S/C23H25ClF2N4O3/c1-2-33-23(32)29-17-9-7-16(8-10-17)27-22(28-18-5-3-4-15(24)13-18)30-21(31)14-6-11-19(25)20(26)12-14/h3-6,11-13,16-17H,2,7-10H2,1H3,(H,29,32)(H2,27,28,30,31). The van der Waals surface area contributed by atoms with Crippen LogP contribution in [-0.4, -0.2) is 36.7 Å². The molecule has 0 bridgehead atoms. The highest BCUT2D eigenvalue weighted by atomic mass is 35.5. The van der Waals surface area contributed by atoms with Crippen LogP contribution in [0.5, 0.6) is 0 Å². The Labute approximate surface area is 195 Å². The number of halogens is 3. The quantitative estimate of drug-likeness (QED) is 0.422. The molecule has 0 atom stereocenters. The predicted molar refractivity (Wildman–Crippen MR) is 123 cm³/mol. The Morgan fingerprint density at radius 2 is 1.85 bits per heavy atom. The Morgan fingerprint density at radius 3 is 2.52 bits per heavy atom. The van der Waals surface area contributed by atoms with E-state index in [2.05, 4.69) is 20.9 Å². The molecule has 1 saturated carbocycles. The van der Waals surface area contributed by atoms with E-state index in [1.54, 1.807) is 31.2 Å². The second-order valence-electron chi connectivity index (χ2n) is 7.57. The molecule has 2 aromatic rings. The first-order chi connectivity index (χ1) is 15.8. The minimum absolute atomic E-state index is 0.00313. The van der Waals surface area contributed by atoms with Crippen molar-refractivity contribution in [1.29, 1.82) is 0 Å². The number of hydrogen-bond donors (Lipinski definition) is 3. The summed E-state index contributed by atoms with van der Waals surface area (Å²) in [5, 5.41) is 8.99. The Kier molecular flexibility index (Phi) is 8.59. The number of anilines is 1. The number of ether oxygens (including phenoxy) is 1. The Balaban J connectivity index is 1.71. The van der Waals surface area contributed by atoms with E-state index in [9.17, 15) is 18.4 Å². The molecule has 0 aliphatic heterocycles. The Bertz CT molecular complexity index is 1030. The van der Waals surface area contributed by atoms with Crippen molar-refractivity contribution in [3.8, 4) is 0 Å². The summed E-state index contributed by atoms with van der Waals surface area (Å²) in [4.78, 5) is 28.9. The third-order valence-corrected chi connectivity index (χ3v) is 5.34. The first-order valence-corrected chi connectivity index (χ1v) is 11.0. The van der Waals surface area contributed by atoms with Gasteiger partial charge in [0, 0.05) is 22.3 Å². The number of nitrogens with one attached hydrogen (secondary N) is 3.